The largest absolute Gasteiger partial charge is 0.464 e. The van der Waals surface area contributed by atoms with Crippen molar-refractivity contribution in [1.82, 2.24) is 4.98 Å². The lowest BCUT2D eigenvalue weighted by molar-refractivity contribution is 0.0595. The van der Waals surface area contributed by atoms with Crippen LogP contribution in [0.2, 0.25) is 0 Å². The first-order valence-corrected chi connectivity index (χ1v) is 4.08. The predicted molar refractivity (Wildman–Crippen MR) is 49.3 cm³/mol. The van der Waals surface area contributed by atoms with E-state index in [1.54, 1.807) is 12.3 Å². The van der Waals surface area contributed by atoms with Gasteiger partial charge in [0.1, 0.15) is 5.69 Å². The molecule has 5 nitrogen and oxygen atoms in total. The molecule has 0 aliphatic heterocycles. The number of hydrogen-bond donors (Lipinski definition) is 2. The lowest BCUT2D eigenvalue weighted by Crippen LogP contribution is -2.08. The van der Waals surface area contributed by atoms with E-state index in [2.05, 4.69) is 9.72 Å². The Labute approximate surface area is 81.5 Å². The zero-order chi connectivity index (χ0) is 10.6. The first-order valence-electron chi connectivity index (χ1n) is 4.08. The Morgan fingerprint density at radius 3 is 3.14 bits per heavy atom. The van der Waals surface area contributed by atoms with Crippen LogP contribution in [0, 0.1) is 11.3 Å². The van der Waals surface area contributed by atoms with Crippen LogP contribution in [0.1, 0.15) is 28.5 Å². The zero-order valence-electron chi connectivity index (χ0n) is 7.78. The third kappa shape index (κ3) is 2.12. The molecule has 0 radical (unpaired) electrons. The third-order valence-corrected chi connectivity index (χ3v) is 1.85. The van der Waals surface area contributed by atoms with Crippen molar-refractivity contribution in [2.24, 2.45) is 5.73 Å². The standard InChI is InChI=1S/C9H11N3O2/c1-14-9(13)8-4-6(5-12-8)7(11)2-3-10/h4-5,7,12H,2,11H2,1H3/t7-/m1/s1. The lowest BCUT2D eigenvalue weighted by atomic mass is 10.1. The van der Waals surface area contributed by atoms with Crippen molar-refractivity contribution in [3.05, 3.63) is 23.5 Å². The van der Waals surface area contributed by atoms with Crippen LogP contribution in [-0.4, -0.2) is 18.1 Å². The number of nitrogens with two attached hydrogens (primary N) is 1. The average Bonchev–Trinajstić information content (AvgIpc) is 2.66. The topological polar surface area (TPSA) is 91.9 Å². The van der Waals surface area contributed by atoms with Gasteiger partial charge in [0.05, 0.1) is 19.6 Å². The maximum atomic E-state index is 11.0. The molecule has 0 aliphatic carbocycles. The molecule has 1 atom stereocenters. The summed E-state index contributed by atoms with van der Waals surface area (Å²) in [4.78, 5) is 13.8. The van der Waals surface area contributed by atoms with Crippen molar-refractivity contribution in [2.75, 3.05) is 7.11 Å². The second-order valence-electron chi connectivity index (χ2n) is 2.81. The van der Waals surface area contributed by atoms with Crippen molar-refractivity contribution in [3.63, 3.8) is 0 Å². The van der Waals surface area contributed by atoms with Gasteiger partial charge < -0.3 is 15.5 Å². The summed E-state index contributed by atoms with van der Waals surface area (Å²) in [6.45, 7) is 0. The van der Waals surface area contributed by atoms with Gasteiger partial charge in [-0.3, -0.25) is 0 Å². The van der Waals surface area contributed by atoms with Crippen LogP contribution in [0.3, 0.4) is 0 Å². The van der Waals surface area contributed by atoms with Gasteiger partial charge in [-0.1, -0.05) is 0 Å². The first kappa shape index (κ1) is 10.3. The number of nitriles is 1. The van der Waals surface area contributed by atoms with Crippen LogP contribution in [0.15, 0.2) is 12.3 Å². The van der Waals surface area contributed by atoms with E-state index in [1.807, 2.05) is 6.07 Å². The molecular formula is C9H11N3O2. The van der Waals surface area contributed by atoms with E-state index in [0.717, 1.165) is 5.56 Å². The molecule has 74 valence electrons. The number of esters is 1. The summed E-state index contributed by atoms with van der Waals surface area (Å²) in [5, 5.41) is 8.43. The number of carbonyl (C=O) groups excluding carboxylic acids is 1. The highest BCUT2D eigenvalue weighted by molar-refractivity contribution is 5.87. The number of methoxy groups -OCH3 is 1. The first-order chi connectivity index (χ1) is 6.69. The summed E-state index contributed by atoms with van der Waals surface area (Å²) < 4.78 is 4.51. The summed E-state index contributed by atoms with van der Waals surface area (Å²) in [5.74, 6) is -0.444. The Morgan fingerprint density at radius 2 is 2.57 bits per heavy atom. The summed E-state index contributed by atoms with van der Waals surface area (Å²) >= 11 is 0. The van der Waals surface area contributed by atoms with Crippen LogP contribution in [0.25, 0.3) is 0 Å². The number of ether oxygens (including phenoxy) is 1. The van der Waals surface area contributed by atoms with Gasteiger partial charge in [0, 0.05) is 12.2 Å². The number of carbonyl (C=O) groups is 1. The number of nitrogens with one attached hydrogen (secondary N) is 1. The molecule has 14 heavy (non-hydrogen) atoms. The molecule has 1 heterocycles. The fourth-order valence-electron chi connectivity index (χ4n) is 1.07. The van der Waals surface area contributed by atoms with E-state index in [4.69, 9.17) is 11.0 Å². The number of hydrogen-bond acceptors (Lipinski definition) is 4. The van der Waals surface area contributed by atoms with E-state index in [1.165, 1.54) is 7.11 Å². The number of rotatable bonds is 3. The van der Waals surface area contributed by atoms with Crippen molar-refractivity contribution in [3.8, 4) is 6.07 Å². The second-order valence-corrected chi connectivity index (χ2v) is 2.81. The molecule has 1 aromatic rings. The van der Waals surface area contributed by atoms with E-state index in [9.17, 15) is 4.79 Å². The number of nitrogens with zero attached hydrogens (tertiary/aromatic N) is 1. The van der Waals surface area contributed by atoms with Gasteiger partial charge in [0.15, 0.2) is 0 Å². The Morgan fingerprint density at radius 1 is 1.86 bits per heavy atom. The van der Waals surface area contributed by atoms with Crippen LogP contribution >= 0.6 is 0 Å². The van der Waals surface area contributed by atoms with Gasteiger partial charge >= 0.3 is 5.97 Å². The van der Waals surface area contributed by atoms with Gasteiger partial charge in [0.2, 0.25) is 0 Å². The SMILES string of the molecule is COC(=O)c1cc([C@H](N)CC#N)c[nH]1. The minimum Gasteiger partial charge on any atom is -0.464 e. The van der Waals surface area contributed by atoms with E-state index < -0.39 is 5.97 Å². The highest BCUT2D eigenvalue weighted by Gasteiger charge is 2.12. The highest BCUT2D eigenvalue weighted by Crippen LogP contribution is 2.14. The second kappa shape index (κ2) is 4.44. The van der Waals surface area contributed by atoms with Crippen molar-refractivity contribution < 1.29 is 9.53 Å². The molecule has 0 saturated carbocycles. The molecule has 5 heteroatoms. The molecule has 3 N–H and O–H groups in total. The molecule has 0 saturated heterocycles. The van der Waals surface area contributed by atoms with Gasteiger partial charge in [-0.25, -0.2) is 4.79 Å². The molecule has 0 spiro atoms. The Kier molecular flexibility index (Phi) is 3.26. The fourth-order valence-corrected chi connectivity index (χ4v) is 1.07. The van der Waals surface area contributed by atoms with Crippen LogP contribution < -0.4 is 5.73 Å². The summed E-state index contributed by atoms with van der Waals surface area (Å²) in [7, 11) is 1.30. The zero-order valence-corrected chi connectivity index (χ0v) is 7.78. The van der Waals surface area contributed by atoms with E-state index in [-0.39, 0.29) is 12.5 Å². The number of aromatic amines is 1. The quantitative estimate of drug-likeness (QED) is 0.691. The number of H-pyrrole nitrogens is 1. The molecule has 1 aromatic heterocycles. The van der Waals surface area contributed by atoms with Crippen LogP contribution in [-0.2, 0) is 4.74 Å². The maximum Gasteiger partial charge on any atom is 0.354 e. The van der Waals surface area contributed by atoms with Gasteiger partial charge in [-0.15, -0.1) is 0 Å². The molecule has 0 aliphatic rings. The average molecular weight is 193 g/mol. The van der Waals surface area contributed by atoms with Crippen molar-refractivity contribution in [1.29, 1.82) is 5.26 Å². The third-order valence-electron chi connectivity index (χ3n) is 1.85. The molecular weight excluding hydrogens is 182 g/mol. The minimum atomic E-state index is -0.444. The monoisotopic (exact) mass is 193 g/mol. The van der Waals surface area contributed by atoms with Gasteiger partial charge in [-0.05, 0) is 11.6 Å². The predicted octanol–water partition coefficient (Wildman–Crippen LogP) is 0.715. The molecule has 1 rings (SSSR count). The smallest absolute Gasteiger partial charge is 0.354 e. The molecule has 0 fully saturated rings. The minimum absolute atomic E-state index is 0.221. The summed E-state index contributed by atoms with van der Waals surface area (Å²) in [6.07, 6.45) is 1.83. The van der Waals surface area contributed by atoms with E-state index >= 15 is 0 Å². The molecule has 0 amide bonds. The molecule has 0 aromatic carbocycles. The highest BCUT2D eigenvalue weighted by atomic mass is 16.5. The van der Waals surface area contributed by atoms with Gasteiger partial charge in [-0.2, -0.15) is 5.26 Å². The summed E-state index contributed by atoms with van der Waals surface area (Å²) in [5.41, 5.74) is 6.74. The Hall–Kier alpha value is -1.80. The Bertz CT molecular complexity index is 364. The Balaban J connectivity index is 2.78. The van der Waals surface area contributed by atoms with Crippen LogP contribution in [0.5, 0.6) is 0 Å². The van der Waals surface area contributed by atoms with Crippen molar-refractivity contribution in [2.45, 2.75) is 12.5 Å². The normalized spacial score (nSPS) is 11.8. The maximum absolute atomic E-state index is 11.0. The summed E-state index contributed by atoms with van der Waals surface area (Å²) in [6, 6.07) is 3.19. The number of aromatic nitrogens is 1. The lowest BCUT2D eigenvalue weighted by Gasteiger charge is -2.01. The van der Waals surface area contributed by atoms with E-state index in [0.29, 0.717) is 5.69 Å². The van der Waals surface area contributed by atoms with Crippen molar-refractivity contribution >= 4 is 5.97 Å². The molecule has 0 bridgehead atoms. The molecule has 0 unspecified atom stereocenters. The van der Waals surface area contributed by atoms with Gasteiger partial charge in [0.25, 0.3) is 0 Å². The fraction of sp³-hybridized carbons (Fsp3) is 0.333. The van der Waals surface area contributed by atoms with Crippen LogP contribution in [0.4, 0.5) is 0 Å².